The highest BCUT2D eigenvalue weighted by molar-refractivity contribution is 5.76. The van der Waals surface area contributed by atoms with Gasteiger partial charge >= 0.3 is 6.03 Å². The van der Waals surface area contributed by atoms with Crippen molar-refractivity contribution < 1.29 is 14.3 Å². The molecule has 0 unspecified atom stereocenters. The fourth-order valence-electron chi connectivity index (χ4n) is 1.64. The predicted molar refractivity (Wildman–Crippen MR) is 74.1 cm³/mol. The molecule has 2 aromatic rings. The van der Waals surface area contributed by atoms with Crippen LogP contribution in [-0.2, 0) is 0 Å². The summed E-state index contributed by atoms with van der Waals surface area (Å²) >= 11 is 0. The summed E-state index contributed by atoms with van der Waals surface area (Å²) in [4.78, 5) is 17.3. The maximum absolute atomic E-state index is 11.9. The summed E-state index contributed by atoms with van der Waals surface area (Å²) in [7, 11) is 3.34. The van der Waals surface area contributed by atoms with Gasteiger partial charge in [0.25, 0.3) is 0 Å². The van der Waals surface area contributed by atoms with Gasteiger partial charge in [0.05, 0.1) is 13.7 Å². The van der Waals surface area contributed by atoms with E-state index in [1.807, 2.05) is 24.3 Å². The first kappa shape index (κ1) is 13.9. The van der Waals surface area contributed by atoms with E-state index in [9.17, 15) is 4.79 Å². The average molecular weight is 275 g/mol. The van der Waals surface area contributed by atoms with Crippen molar-refractivity contribution in [3.05, 3.63) is 43.0 Å². The van der Waals surface area contributed by atoms with Gasteiger partial charge in [-0.25, -0.2) is 9.78 Å². The van der Waals surface area contributed by atoms with Gasteiger partial charge in [-0.1, -0.05) is 0 Å². The van der Waals surface area contributed by atoms with Crippen molar-refractivity contribution in [2.24, 2.45) is 0 Å². The molecule has 0 saturated heterocycles. The van der Waals surface area contributed by atoms with E-state index in [2.05, 4.69) is 4.98 Å². The highest BCUT2D eigenvalue weighted by Gasteiger charge is 2.09. The molecule has 2 rings (SSSR count). The molecule has 6 heteroatoms. The van der Waals surface area contributed by atoms with E-state index in [1.165, 1.54) is 10.9 Å². The van der Waals surface area contributed by atoms with Crippen molar-refractivity contribution in [2.75, 3.05) is 27.3 Å². The Kier molecular flexibility index (Phi) is 4.60. The van der Waals surface area contributed by atoms with Crippen LogP contribution in [-0.4, -0.2) is 47.8 Å². The van der Waals surface area contributed by atoms with E-state index >= 15 is 0 Å². The number of likely N-dealkylation sites (N-methyl/N-ethyl adjacent to an activating group) is 1. The Bertz CT molecular complexity index is 537. The lowest BCUT2D eigenvalue weighted by molar-refractivity contribution is 0.197. The van der Waals surface area contributed by atoms with E-state index in [4.69, 9.17) is 9.47 Å². The maximum atomic E-state index is 11.9. The molecule has 0 radical (unpaired) electrons. The van der Waals surface area contributed by atoms with E-state index in [0.29, 0.717) is 13.2 Å². The number of imidazole rings is 1. The Morgan fingerprint density at radius 3 is 2.60 bits per heavy atom. The molecule has 0 saturated carbocycles. The van der Waals surface area contributed by atoms with E-state index < -0.39 is 0 Å². The molecule has 0 spiro atoms. The molecule has 1 aromatic heterocycles. The van der Waals surface area contributed by atoms with Gasteiger partial charge in [0.15, 0.2) is 0 Å². The van der Waals surface area contributed by atoms with Crippen LogP contribution in [0.5, 0.6) is 11.5 Å². The SMILES string of the molecule is COc1ccc(OCCN(C)C(=O)n2ccnc2)cc1. The minimum atomic E-state index is -0.138. The summed E-state index contributed by atoms with van der Waals surface area (Å²) in [6, 6.07) is 7.18. The highest BCUT2D eigenvalue weighted by Crippen LogP contribution is 2.16. The van der Waals surface area contributed by atoms with Crippen molar-refractivity contribution in [1.29, 1.82) is 0 Å². The van der Waals surface area contributed by atoms with E-state index in [1.54, 1.807) is 31.5 Å². The quantitative estimate of drug-likeness (QED) is 0.836. The van der Waals surface area contributed by atoms with Crippen LogP contribution in [0.25, 0.3) is 0 Å². The van der Waals surface area contributed by atoms with Crippen molar-refractivity contribution in [3.8, 4) is 11.5 Å². The number of hydrogen-bond acceptors (Lipinski definition) is 4. The third-order valence-corrected chi connectivity index (χ3v) is 2.81. The molecule has 0 aliphatic rings. The number of methoxy groups -OCH3 is 1. The van der Waals surface area contributed by atoms with Gasteiger partial charge in [-0.15, -0.1) is 0 Å². The summed E-state index contributed by atoms with van der Waals surface area (Å²) in [5, 5.41) is 0. The van der Waals surface area contributed by atoms with Gasteiger partial charge in [-0.3, -0.25) is 4.57 Å². The zero-order valence-corrected chi connectivity index (χ0v) is 11.5. The Labute approximate surface area is 117 Å². The lowest BCUT2D eigenvalue weighted by Gasteiger charge is -2.17. The molecular formula is C14H17N3O3. The normalized spacial score (nSPS) is 10.1. The topological polar surface area (TPSA) is 56.6 Å². The number of nitrogens with zero attached hydrogens (tertiary/aromatic N) is 3. The van der Waals surface area contributed by atoms with Gasteiger partial charge in [-0.2, -0.15) is 0 Å². The number of ether oxygens (including phenoxy) is 2. The molecule has 106 valence electrons. The van der Waals surface area contributed by atoms with Crippen LogP contribution in [0, 0.1) is 0 Å². The first-order valence-electron chi connectivity index (χ1n) is 6.21. The van der Waals surface area contributed by atoms with Gasteiger partial charge in [0, 0.05) is 19.4 Å². The molecule has 0 bridgehead atoms. The van der Waals surface area contributed by atoms with Crippen LogP contribution >= 0.6 is 0 Å². The number of rotatable bonds is 5. The summed E-state index contributed by atoms with van der Waals surface area (Å²) in [5.41, 5.74) is 0. The van der Waals surface area contributed by atoms with Crippen molar-refractivity contribution >= 4 is 6.03 Å². The van der Waals surface area contributed by atoms with Crippen LogP contribution in [0.15, 0.2) is 43.0 Å². The molecule has 1 aromatic carbocycles. The number of benzene rings is 1. The second-order valence-corrected chi connectivity index (χ2v) is 4.20. The standard InChI is InChI=1S/C14H17N3O3/c1-16(14(18)17-8-7-15-11-17)9-10-20-13-5-3-12(19-2)4-6-13/h3-8,11H,9-10H2,1-2H3. The smallest absolute Gasteiger partial charge is 0.329 e. The van der Waals surface area contributed by atoms with Crippen molar-refractivity contribution in [1.82, 2.24) is 14.5 Å². The summed E-state index contributed by atoms with van der Waals surface area (Å²) in [5.74, 6) is 1.53. The third kappa shape index (κ3) is 3.50. The maximum Gasteiger partial charge on any atom is 0.329 e. The molecule has 0 aliphatic carbocycles. The Morgan fingerprint density at radius 2 is 2.00 bits per heavy atom. The number of amides is 1. The largest absolute Gasteiger partial charge is 0.497 e. The van der Waals surface area contributed by atoms with Gasteiger partial charge in [0.2, 0.25) is 0 Å². The molecule has 1 heterocycles. The van der Waals surface area contributed by atoms with Gasteiger partial charge < -0.3 is 14.4 Å². The predicted octanol–water partition coefficient (Wildman–Crippen LogP) is 1.87. The highest BCUT2D eigenvalue weighted by atomic mass is 16.5. The summed E-state index contributed by atoms with van der Waals surface area (Å²) < 4.78 is 12.1. The van der Waals surface area contributed by atoms with E-state index in [0.717, 1.165) is 11.5 Å². The fraction of sp³-hybridized carbons (Fsp3) is 0.286. The number of hydrogen-bond donors (Lipinski definition) is 0. The Morgan fingerprint density at radius 1 is 1.30 bits per heavy atom. The molecule has 0 aliphatic heterocycles. The second-order valence-electron chi connectivity index (χ2n) is 4.20. The molecule has 6 nitrogen and oxygen atoms in total. The summed E-state index contributed by atoms with van der Waals surface area (Å²) in [6.07, 6.45) is 4.66. The van der Waals surface area contributed by atoms with Crippen molar-refractivity contribution in [2.45, 2.75) is 0 Å². The Hall–Kier alpha value is -2.50. The van der Waals surface area contributed by atoms with Crippen LogP contribution in [0.4, 0.5) is 4.79 Å². The van der Waals surface area contributed by atoms with Gasteiger partial charge in [0.1, 0.15) is 24.4 Å². The first-order chi connectivity index (χ1) is 9.70. The molecule has 1 amide bonds. The van der Waals surface area contributed by atoms with Crippen LogP contribution in [0.3, 0.4) is 0 Å². The second kappa shape index (κ2) is 6.60. The molecular weight excluding hydrogens is 258 g/mol. The molecule has 0 N–H and O–H groups in total. The number of aromatic nitrogens is 2. The molecule has 0 atom stereocenters. The number of carbonyl (C=O) groups excluding carboxylic acids is 1. The minimum Gasteiger partial charge on any atom is -0.497 e. The van der Waals surface area contributed by atoms with Crippen LogP contribution in [0.2, 0.25) is 0 Å². The molecule has 20 heavy (non-hydrogen) atoms. The first-order valence-corrected chi connectivity index (χ1v) is 6.21. The average Bonchev–Trinajstić information content (AvgIpc) is 3.01. The zero-order chi connectivity index (χ0) is 14.4. The van der Waals surface area contributed by atoms with Crippen molar-refractivity contribution in [3.63, 3.8) is 0 Å². The minimum absolute atomic E-state index is 0.138. The number of carbonyl (C=O) groups is 1. The van der Waals surface area contributed by atoms with Gasteiger partial charge in [-0.05, 0) is 24.3 Å². The Balaban J connectivity index is 1.78. The molecule has 0 fully saturated rings. The lowest BCUT2D eigenvalue weighted by Crippen LogP contribution is -2.33. The third-order valence-electron chi connectivity index (χ3n) is 2.81. The van der Waals surface area contributed by atoms with Crippen LogP contribution < -0.4 is 9.47 Å². The summed E-state index contributed by atoms with van der Waals surface area (Å²) in [6.45, 7) is 0.909. The fourth-order valence-corrected chi connectivity index (χ4v) is 1.64. The lowest BCUT2D eigenvalue weighted by atomic mass is 10.3. The monoisotopic (exact) mass is 275 g/mol. The van der Waals surface area contributed by atoms with Crippen LogP contribution in [0.1, 0.15) is 0 Å². The zero-order valence-electron chi connectivity index (χ0n) is 11.5. The van der Waals surface area contributed by atoms with E-state index in [-0.39, 0.29) is 6.03 Å².